The minimum absolute atomic E-state index is 0.0678. The monoisotopic (exact) mass is 497 g/mol. The molecule has 0 aliphatic rings. The maximum absolute atomic E-state index is 12.6. The first-order valence-corrected chi connectivity index (χ1v) is 12.7. The molecule has 184 valence electrons. The molecule has 0 radical (unpaired) electrons. The number of hydrogen-bond acceptors (Lipinski definition) is 8. The molecule has 11 heteroatoms. The SMILES string of the molecule is CCCCOc1ccc(S(=O)(=O)NCCOc2ccc3nnc(-c4ccccc4OC)n3n2)cc1. The molecule has 0 bridgehead atoms. The molecular formula is C24H27N5O5S. The van der Waals surface area contributed by atoms with E-state index in [1.54, 1.807) is 35.9 Å². The fourth-order valence-electron chi connectivity index (χ4n) is 3.31. The van der Waals surface area contributed by atoms with Crippen molar-refractivity contribution in [3.8, 4) is 28.8 Å². The van der Waals surface area contributed by atoms with Crippen LogP contribution in [0, 0.1) is 0 Å². The Balaban J connectivity index is 1.37. The highest BCUT2D eigenvalue weighted by atomic mass is 32.2. The molecule has 0 atom stereocenters. The van der Waals surface area contributed by atoms with Gasteiger partial charge in [0.1, 0.15) is 18.1 Å². The third-order valence-electron chi connectivity index (χ3n) is 5.13. The third kappa shape index (κ3) is 5.87. The van der Waals surface area contributed by atoms with Crippen LogP contribution < -0.4 is 18.9 Å². The predicted molar refractivity (Wildman–Crippen MR) is 130 cm³/mol. The van der Waals surface area contributed by atoms with E-state index in [0.717, 1.165) is 18.4 Å². The number of fused-ring (bicyclic) bond motifs is 1. The molecule has 10 nitrogen and oxygen atoms in total. The zero-order valence-corrected chi connectivity index (χ0v) is 20.4. The smallest absolute Gasteiger partial charge is 0.240 e. The number of methoxy groups -OCH3 is 1. The van der Waals surface area contributed by atoms with E-state index >= 15 is 0 Å². The van der Waals surface area contributed by atoms with Crippen molar-refractivity contribution in [1.29, 1.82) is 0 Å². The molecule has 35 heavy (non-hydrogen) atoms. The minimum atomic E-state index is -3.68. The van der Waals surface area contributed by atoms with Gasteiger partial charge in [0, 0.05) is 12.6 Å². The summed E-state index contributed by atoms with van der Waals surface area (Å²) in [7, 11) is -2.09. The van der Waals surface area contributed by atoms with Gasteiger partial charge in [0.25, 0.3) is 0 Å². The van der Waals surface area contributed by atoms with Crippen molar-refractivity contribution < 1.29 is 22.6 Å². The van der Waals surface area contributed by atoms with Gasteiger partial charge in [-0.2, -0.15) is 4.52 Å². The van der Waals surface area contributed by atoms with Crippen LogP contribution >= 0.6 is 0 Å². The highest BCUT2D eigenvalue weighted by Crippen LogP contribution is 2.28. The van der Waals surface area contributed by atoms with Crippen LogP contribution in [-0.2, 0) is 10.0 Å². The lowest BCUT2D eigenvalue weighted by Gasteiger charge is -2.10. The summed E-state index contributed by atoms with van der Waals surface area (Å²) in [5.41, 5.74) is 1.28. The molecule has 4 rings (SSSR count). The third-order valence-corrected chi connectivity index (χ3v) is 6.61. The number of ether oxygens (including phenoxy) is 3. The largest absolute Gasteiger partial charge is 0.496 e. The van der Waals surface area contributed by atoms with E-state index in [0.29, 0.717) is 35.5 Å². The average Bonchev–Trinajstić information content (AvgIpc) is 3.30. The van der Waals surface area contributed by atoms with E-state index in [9.17, 15) is 8.42 Å². The van der Waals surface area contributed by atoms with Gasteiger partial charge < -0.3 is 14.2 Å². The minimum Gasteiger partial charge on any atom is -0.496 e. The van der Waals surface area contributed by atoms with E-state index < -0.39 is 10.0 Å². The number of para-hydroxylation sites is 1. The number of unbranched alkanes of at least 4 members (excludes halogenated alkanes) is 1. The second-order valence-corrected chi connectivity index (χ2v) is 9.35. The summed E-state index contributed by atoms with van der Waals surface area (Å²) in [6, 6.07) is 17.2. The van der Waals surface area contributed by atoms with Gasteiger partial charge in [0.2, 0.25) is 15.9 Å². The molecule has 0 unspecified atom stereocenters. The Kier molecular flexibility index (Phi) is 7.78. The molecule has 0 aliphatic carbocycles. The molecule has 4 aromatic rings. The number of hydrogen-bond donors (Lipinski definition) is 1. The maximum Gasteiger partial charge on any atom is 0.240 e. The fraction of sp³-hybridized carbons (Fsp3) is 0.292. The Morgan fingerprint density at radius 3 is 2.51 bits per heavy atom. The summed E-state index contributed by atoms with van der Waals surface area (Å²) < 4.78 is 45.9. The maximum atomic E-state index is 12.6. The highest BCUT2D eigenvalue weighted by Gasteiger charge is 2.16. The van der Waals surface area contributed by atoms with Crippen LogP contribution in [0.1, 0.15) is 19.8 Å². The molecular weight excluding hydrogens is 470 g/mol. The van der Waals surface area contributed by atoms with Crippen LogP contribution in [0.25, 0.3) is 17.0 Å². The van der Waals surface area contributed by atoms with Crippen molar-refractivity contribution in [1.82, 2.24) is 24.5 Å². The van der Waals surface area contributed by atoms with Gasteiger partial charge in [0.15, 0.2) is 11.5 Å². The summed E-state index contributed by atoms with van der Waals surface area (Å²) in [6.45, 7) is 2.84. The van der Waals surface area contributed by atoms with Gasteiger partial charge in [-0.1, -0.05) is 25.5 Å². The van der Waals surface area contributed by atoms with Crippen molar-refractivity contribution in [3.63, 3.8) is 0 Å². The summed E-state index contributed by atoms with van der Waals surface area (Å²) in [6.07, 6.45) is 1.98. The Labute approximate surface area is 203 Å². The van der Waals surface area contributed by atoms with Gasteiger partial charge in [-0.05, 0) is 48.9 Å². The molecule has 0 aliphatic heterocycles. The average molecular weight is 498 g/mol. The van der Waals surface area contributed by atoms with Crippen LogP contribution in [-0.4, -0.2) is 55.1 Å². The molecule has 0 spiro atoms. The normalized spacial score (nSPS) is 11.5. The number of rotatable bonds is 12. The lowest BCUT2D eigenvalue weighted by atomic mass is 10.2. The topological polar surface area (TPSA) is 117 Å². The quantitative estimate of drug-likeness (QED) is 0.296. The van der Waals surface area contributed by atoms with Gasteiger partial charge in [-0.3, -0.25) is 0 Å². The van der Waals surface area contributed by atoms with Crippen molar-refractivity contribution in [2.24, 2.45) is 0 Å². The van der Waals surface area contributed by atoms with Gasteiger partial charge in [0.05, 0.1) is 24.2 Å². The second-order valence-electron chi connectivity index (χ2n) is 7.59. The van der Waals surface area contributed by atoms with Crippen molar-refractivity contribution in [2.75, 3.05) is 26.9 Å². The second kappa shape index (κ2) is 11.2. The molecule has 0 amide bonds. The standard InChI is InChI=1S/C24H27N5O5S/c1-3-4-16-33-18-9-11-19(12-10-18)35(30,31)25-15-17-34-23-14-13-22-26-27-24(29(22)28-23)20-7-5-6-8-21(20)32-2/h5-14,25H,3-4,15-17H2,1-2H3. The lowest BCUT2D eigenvalue weighted by molar-refractivity contribution is 0.305. The zero-order valence-electron chi connectivity index (χ0n) is 19.5. The van der Waals surface area contributed by atoms with Crippen molar-refractivity contribution >= 4 is 15.7 Å². The summed E-state index contributed by atoms with van der Waals surface area (Å²) >= 11 is 0. The summed E-state index contributed by atoms with van der Waals surface area (Å²) in [4.78, 5) is 0.158. The van der Waals surface area contributed by atoms with Crippen LogP contribution in [0.4, 0.5) is 0 Å². The highest BCUT2D eigenvalue weighted by molar-refractivity contribution is 7.89. The van der Waals surface area contributed by atoms with Gasteiger partial charge >= 0.3 is 0 Å². The van der Waals surface area contributed by atoms with Crippen LogP contribution in [0.15, 0.2) is 65.6 Å². The first kappa shape index (κ1) is 24.4. The molecule has 2 aromatic heterocycles. The lowest BCUT2D eigenvalue weighted by Crippen LogP contribution is -2.28. The van der Waals surface area contributed by atoms with Crippen molar-refractivity contribution in [3.05, 3.63) is 60.7 Å². The Hall–Kier alpha value is -3.70. The first-order chi connectivity index (χ1) is 17.0. The number of nitrogens with one attached hydrogen (secondary N) is 1. The number of nitrogens with zero attached hydrogens (tertiary/aromatic N) is 4. The molecule has 0 saturated carbocycles. The summed E-state index contributed by atoms with van der Waals surface area (Å²) in [5.74, 6) is 2.10. The molecule has 2 aromatic carbocycles. The number of benzene rings is 2. The number of sulfonamides is 1. The van der Waals surface area contributed by atoms with E-state index in [4.69, 9.17) is 14.2 Å². The van der Waals surface area contributed by atoms with E-state index in [2.05, 4.69) is 26.9 Å². The number of aromatic nitrogens is 4. The van der Waals surface area contributed by atoms with E-state index in [1.807, 2.05) is 24.3 Å². The van der Waals surface area contributed by atoms with Crippen LogP contribution in [0.3, 0.4) is 0 Å². The zero-order chi connectivity index (χ0) is 24.7. The molecule has 0 fully saturated rings. The summed E-state index contributed by atoms with van der Waals surface area (Å²) in [5, 5.41) is 12.8. The first-order valence-electron chi connectivity index (χ1n) is 11.2. The Morgan fingerprint density at radius 2 is 1.74 bits per heavy atom. The molecule has 2 heterocycles. The molecule has 0 saturated heterocycles. The fourth-order valence-corrected chi connectivity index (χ4v) is 4.32. The van der Waals surface area contributed by atoms with E-state index in [-0.39, 0.29) is 18.0 Å². The van der Waals surface area contributed by atoms with Crippen molar-refractivity contribution in [2.45, 2.75) is 24.7 Å². The van der Waals surface area contributed by atoms with Gasteiger partial charge in [-0.15, -0.1) is 15.3 Å². The Bertz CT molecular complexity index is 1370. The Morgan fingerprint density at radius 1 is 0.943 bits per heavy atom. The van der Waals surface area contributed by atoms with E-state index in [1.165, 1.54) is 12.1 Å². The van der Waals surface area contributed by atoms with Crippen LogP contribution in [0.2, 0.25) is 0 Å². The molecule has 1 N–H and O–H groups in total. The van der Waals surface area contributed by atoms with Crippen LogP contribution in [0.5, 0.6) is 17.4 Å². The predicted octanol–water partition coefficient (Wildman–Crippen LogP) is 3.34. The van der Waals surface area contributed by atoms with Gasteiger partial charge in [-0.25, -0.2) is 13.1 Å².